The molecule has 114 valence electrons. The van der Waals surface area contributed by atoms with Crippen LogP contribution in [0.15, 0.2) is 4.90 Å². The minimum absolute atomic E-state index is 0.0988. The molecule has 1 saturated carbocycles. The molecule has 1 aromatic heterocycles. The fourth-order valence-corrected chi connectivity index (χ4v) is 4.57. The zero-order chi connectivity index (χ0) is 14.9. The summed E-state index contributed by atoms with van der Waals surface area (Å²) in [5.74, 6) is 0.575. The Morgan fingerprint density at radius 1 is 1.45 bits per heavy atom. The quantitative estimate of drug-likeness (QED) is 0.786. The first-order chi connectivity index (χ1) is 9.37. The first-order valence-electron chi connectivity index (χ1n) is 6.99. The third-order valence-corrected chi connectivity index (χ3v) is 5.94. The molecule has 1 fully saturated rings. The van der Waals surface area contributed by atoms with E-state index in [4.69, 9.17) is 11.6 Å². The fourth-order valence-electron chi connectivity index (χ4n) is 2.27. The summed E-state index contributed by atoms with van der Waals surface area (Å²) < 4.78 is 27.4. The highest BCUT2D eigenvalue weighted by molar-refractivity contribution is 7.89. The van der Waals surface area contributed by atoms with Crippen LogP contribution in [0.25, 0.3) is 0 Å². The smallest absolute Gasteiger partial charge is 0.247 e. The number of rotatable bonds is 7. The lowest BCUT2D eigenvalue weighted by Gasteiger charge is -2.23. The maximum absolute atomic E-state index is 12.9. The van der Waals surface area contributed by atoms with Crippen molar-refractivity contribution in [3.63, 3.8) is 0 Å². The molecule has 0 aromatic carbocycles. The molecule has 2 rings (SSSR count). The Balaban J connectivity index is 2.32. The van der Waals surface area contributed by atoms with Crippen LogP contribution >= 0.6 is 11.6 Å². The predicted octanol–water partition coefficient (Wildman–Crippen LogP) is 2.66. The molecule has 0 saturated heterocycles. The van der Waals surface area contributed by atoms with Crippen LogP contribution in [-0.4, -0.2) is 35.5 Å². The largest absolute Gasteiger partial charge is 0.281 e. The molecule has 0 spiro atoms. The van der Waals surface area contributed by atoms with Gasteiger partial charge in [-0.1, -0.05) is 13.8 Å². The summed E-state index contributed by atoms with van der Waals surface area (Å²) in [4.78, 5) is 0.267. The monoisotopic (exact) mass is 319 g/mol. The number of H-pyrrole nitrogens is 1. The molecule has 1 aliphatic carbocycles. The Morgan fingerprint density at radius 3 is 2.60 bits per heavy atom. The second-order valence-electron chi connectivity index (χ2n) is 5.79. The summed E-state index contributed by atoms with van der Waals surface area (Å²) in [6.45, 7) is 6.50. The SMILES string of the molecule is Cc1[nH]nc(CCl)c1S(=O)(=O)N(CCC(C)C)C1CC1. The van der Waals surface area contributed by atoms with Gasteiger partial charge in [-0.05, 0) is 32.1 Å². The van der Waals surface area contributed by atoms with Crippen molar-refractivity contribution in [2.24, 2.45) is 5.92 Å². The predicted molar refractivity (Wildman–Crippen MR) is 79.3 cm³/mol. The number of aromatic amines is 1. The highest BCUT2D eigenvalue weighted by atomic mass is 35.5. The van der Waals surface area contributed by atoms with Crippen molar-refractivity contribution in [1.82, 2.24) is 14.5 Å². The van der Waals surface area contributed by atoms with Gasteiger partial charge in [0.2, 0.25) is 10.0 Å². The third kappa shape index (κ3) is 3.18. The fraction of sp³-hybridized carbons (Fsp3) is 0.769. The molecule has 0 radical (unpaired) electrons. The number of nitrogens with one attached hydrogen (secondary N) is 1. The Morgan fingerprint density at radius 2 is 2.10 bits per heavy atom. The van der Waals surface area contributed by atoms with Gasteiger partial charge < -0.3 is 0 Å². The number of nitrogens with zero attached hydrogens (tertiary/aromatic N) is 2. The van der Waals surface area contributed by atoms with E-state index in [-0.39, 0.29) is 16.8 Å². The summed E-state index contributed by atoms with van der Waals surface area (Å²) in [5, 5.41) is 6.73. The van der Waals surface area contributed by atoms with E-state index in [9.17, 15) is 8.42 Å². The molecular weight excluding hydrogens is 298 g/mol. The van der Waals surface area contributed by atoms with E-state index in [1.807, 2.05) is 0 Å². The number of halogens is 1. The summed E-state index contributed by atoms with van der Waals surface area (Å²) in [5.41, 5.74) is 0.982. The Kier molecular flexibility index (Phi) is 4.76. The van der Waals surface area contributed by atoms with E-state index in [2.05, 4.69) is 24.0 Å². The van der Waals surface area contributed by atoms with Crippen molar-refractivity contribution >= 4 is 21.6 Å². The number of hydrogen-bond acceptors (Lipinski definition) is 3. The van der Waals surface area contributed by atoms with Crippen LogP contribution < -0.4 is 0 Å². The lowest BCUT2D eigenvalue weighted by atomic mass is 10.1. The Labute approximate surface area is 125 Å². The van der Waals surface area contributed by atoms with Gasteiger partial charge in [0.15, 0.2) is 0 Å². The van der Waals surface area contributed by atoms with Crippen LogP contribution in [-0.2, 0) is 15.9 Å². The maximum atomic E-state index is 12.9. The van der Waals surface area contributed by atoms with Gasteiger partial charge in [0.05, 0.1) is 17.3 Å². The molecule has 5 nitrogen and oxygen atoms in total. The first kappa shape index (κ1) is 15.8. The molecule has 1 aliphatic rings. The highest BCUT2D eigenvalue weighted by Gasteiger charge is 2.40. The molecule has 0 bridgehead atoms. The average Bonchev–Trinajstić information content (AvgIpc) is 3.10. The average molecular weight is 320 g/mol. The number of aryl methyl sites for hydroxylation is 1. The standard InChI is InChI=1S/C13H22ClN3O2S/c1-9(2)6-7-17(11-4-5-11)20(18,19)13-10(3)15-16-12(13)8-14/h9,11H,4-8H2,1-3H3,(H,15,16). The van der Waals surface area contributed by atoms with E-state index in [1.54, 1.807) is 11.2 Å². The first-order valence-corrected chi connectivity index (χ1v) is 8.97. The van der Waals surface area contributed by atoms with E-state index in [0.29, 0.717) is 23.9 Å². The van der Waals surface area contributed by atoms with Gasteiger partial charge in [0, 0.05) is 12.6 Å². The zero-order valence-electron chi connectivity index (χ0n) is 12.2. The van der Waals surface area contributed by atoms with E-state index < -0.39 is 10.0 Å². The molecule has 7 heteroatoms. The summed E-state index contributed by atoms with van der Waals surface area (Å²) in [6, 6.07) is 0.149. The molecule has 20 heavy (non-hydrogen) atoms. The van der Waals surface area contributed by atoms with Crippen LogP contribution in [0.5, 0.6) is 0 Å². The molecule has 0 aliphatic heterocycles. The molecule has 1 aromatic rings. The van der Waals surface area contributed by atoms with Crippen molar-refractivity contribution in [1.29, 1.82) is 0 Å². The van der Waals surface area contributed by atoms with Gasteiger partial charge >= 0.3 is 0 Å². The van der Waals surface area contributed by atoms with Gasteiger partial charge in [0.1, 0.15) is 4.90 Å². The second kappa shape index (κ2) is 6.03. The van der Waals surface area contributed by atoms with Crippen LogP contribution in [0.3, 0.4) is 0 Å². The van der Waals surface area contributed by atoms with Gasteiger partial charge in [-0.25, -0.2) is 8.42 Å². The minimum atomic E-state index is -3.51. The van der Waals surface area contributed by atoms with Crippen LogP contribution in [0.4, 0.5) is 0 Å². The number of sulfonamides is 1. The van der Waals surface area contributed by atoms with Crippen molar-refractivity contribution in [3.8, 4) is 0 Å². The molecule has 0 amide bonds. The maximum Gasteiger partial charge on any atom is 0.247 e. The zero-order valence-corrected chi connectivity index (χ0v) is 13.8. The number of hydrogen-bond donors (Lipinski definition) is 1. The van der Waals surface area contributed by atoms with Crippen molar-refractivity contribution in [3.05, 3.63) is 11.4 Å². The topological polar surface area (TPSA) is 66.1 Å². The third-order valence-electron chi connectivity index (χ3n) is 3.54. The molecule has 0 atom stereocenters. The van der Waals surface area contributed by atoms with Crippen LogP contribution in [0, 0.1) is 12.8 Å². The van der Waals surface area contributed by atoms with Crippen molar-refractivity contribution < 1.29 is 8.42 Å². The van der Waals surface area contributed by atoms with Crippen LogP contribution in [0.1, 0.15) is 44.5 Å². The summed E-state index contributed by atoms with van der Waals surface area (Å²) >= 11 is 5.81. The molecular formula is C13H22ClN3O2S. The minimum Gasteiger partial charge on any atom is -0.281 e. The van der Waals surface area contributed by atoms with E-state index >= 15 is 0 Å². The van der Waals surface area contributed by atoms with Gasteiger partial charge in [-0.3, -0.25) is 5.10 Å². The van der Waals surface area contributed by atoms with E-state index in [1.165, 1.54) is 0 Å². The number of alkyl halides is 1. The molecule has 0 unspecified atom stereocenters. The second-order valence-corrected chi connectivity index (χ2v) is 7.88. The van der Waals surface area contributed by atoms with Crippen LogP contribution in [0.2, 0.25) is 0 Å². The van der Waals surface area contributed by atoms with Gasteiger partial charge in [-0.2, -0.15) is 9.40 Å². The molecule has 1 N–H and O–H groups in total. The lowest BCUT2D eigenvalue weighted by molar-refractivity contribution is 0.373. The number of aromatic nitrogens is 2. The van der Waals surface area contributed by atoms with E-state index in [0.717, 1.165) is 19.3 Å². The van der Waals surface area contributed by atoms with Gasteiger partial charge in [0.25, 0.3) is 0 Å². The summed E-state index contributed by atoms with van der Waals surface area (Å²) in [7, 11) is -3.51. The lowest BCUT2D eigenvalue weighted by Crippen LogP contribution is -2.35. The Bertz CT molecular complexity index is 564. The Hall–Kier alpha value is -0.590. The highest BCUT2D eigenvalue weighted by Crippen LogP contribution is 2.34. The van der Waals surface area contributed by atoms with Crippen molar-refractivity contribution in [2.45, 2.75) is 56.9 Å². The normalized spacial score (nSPS) is 16.3. The molecule has 1 heterocycles. The van der Waals surface area contributed by atoms with Crippen molar-refractivity contribution in [2.75, 3.05) is 6.54 Å². The summed E-state index contributed by atoms with van der Waals surface area (Å²) in [6.07, 6.45) is 2.76. The van der Waals surface area contributed by atoms with Gasteiger partial charge in [-0.15, -0.1) is 11.6 Å².